The maximum absolute atomic E-state index is 12.3. The second-order valence-electron chi connectivity index (χ2n) is 10.2. The van der Waals surface area contributed by atoms with Crippen LogP contribution in [0, 0.1) is 5.92 Å². The van der Waals surface area contributed by atoms with E-state index in [4.69, 9.17) is 15.2 Å². The lowest BCUT2D eigenvalue weighted by atomic mass is 10.0. The van der Waals surface area contributed by atoms with Crippen LogP contribution < -0.4 is 15.5 Å². The molecular weight excluding hydrogens is 634 g/mol. The van der Waals surface area contributed by atoms with E-state index in [0.717, 1.165) is 6.33 Å². The fraction of sp³-hybridized carbons (Fsp3) is 0.591. The van der Waals surface area contributed by atoms with E-state index in [9.17, 15) is 44.1 Å². The Morgan fingerprint density at radius 1 is 1.05 bits per heavy atom. The molecular formula is C22H29N6O14P2-. The average Bonchev–Trinajstić information content (AvgIpc) is 3.61. The van der Waals surface area contributed by atoms with E-state index in [-0.39, 0.29) is 29.3 Å². The Morgan fingerprint density at radius 3 is 2.34 bits per heavy atom. The highest BCUT2D eigenvalue weighted by atomic mass is 31.3. The van der Waals surface area contributed by atoms with Crippen LogP contribution in [0.25, 0.3) is 11.2 Å². The minimum absolute atomic E-state index is 0.0427. The Labute approximate surface area is 248 Å². The zero-order valence-corrected chi connectivity index (χ0v) is 24.6. The Bertz CT molecular complexity index is 1550. The van der Waals surface area contributed by atoms with Gasteiger partial charge >= 0.3 is 0 Å². The molecule has 3 unspecified atom stereocenters. The number of nitrogens with zero attached hydrogens (tertiary/aromatic N) is 5. The standard InChI is InChI=1S/C22H30N6O14P2/c1-10(29)11-3-2-4-27(5-11)21-17(32)15(30)12(40-21)6-38-43(34,35)42-44(36,37)39-7-13-16(31)18(33)22(41-13)28-9-26-14-19(23)24-8-25-20(14)28/h2-3,5,8-9,11-13,15-18,21-22,30-33H,4,6-7H2,1H3,(H3-,23,24,25,34,35,36,37)/p-1/t11?,12-,13-,15-,16-,17-,18-,21-,22-/m1/s1. The first-order chi connectivity index (χ1) is 20.7. The molecule has 3 aliphatic rings. The number of nitrogen functional groups attached to an aromatic ring is 1. The van der Waals surface area contributed by atoms with Crippen molar-refractivity contribution in [3.8, 4) is 0 Å². The van der Waals surface area contributed by atoms with E-state index >= 15 is 0 Å². The zero-order valence-electron chi connectivity index (χ0n) is 22.8. The average molecular weight is 663 g/mol. The van der Waals surface area contributed by atoms with Crippen LogP contribution in [0.4, 0.5) is 5.82 Å². The molecule has 44 heavy (non-hydrogen) atoms. The normalized spacial score (nSPS) is 35.0. The fourth-order valence-corrected chi connectivity index (χ4v) is 6.88. The van der Waals surface area contributed by atoms with Crippen LogP contribution in [0.5, 0.6) is 0 Å². The Balaban J connectivity index is 1.15. The third-order valence-electron chi connectivity index (χ3n) is 7.14. The van der Waals surface area contributed by atoms with Crippen molar-refractivity contribution in [1.82, 2.24) is 19.5 Å². The summed E-state index contributed by atoms with van der Waals surface area (Å²) in [6.07, 6.45) is -4.68. The molecule has 22 heteroatoms. The van der Waals surface area contributed by atoms with Crippen LogP contribution in [0.1, 0.15) is 13.2 Å². The fourth-order valence-electron chi connectivity index (χ4n) is 4.87. The number of aliphatic hydroxyl groups is 4. The smallest absolute Gasteiger partial charge is 0.287 e. The number of phosphoric acid groups is 2. The molecule has 20 nitrogen and oxygen atoms in total. The number of aromatic nitrogens is 4. The maximum Gasteiger partial charge on any atom is 0.287 e. The van der Waals surface area contributed by atoms with Gasteiger partial charge in [-0.2, -0.15) is 0 Å². The molecule has 2 aromatic rings. The first kappa shape index (κ1) is 32.8. The van der Waals surface area contributed by atoms with Crippen LogP contribution in [-0.4, -0.2) is 119 Å². The molecule has 242 valence electrons. The monoisotopic (exact) mass is 663 g/mol. The summed E-state index contributed by atoms with van der Waals surface area (Å²) in [7, 11) is -11.3. The van der Waals surface area contributed by atoms with Gasteiger partial charge < -0.3 is 54.5 Å². The molecule has 6 N–H and O–H groups in total. The number of anilines is 1. The third kappa shape index (κ3) is 6.82. The van der Waals surface area contributed by atoms with E-state index in [0.29, 0.717) is 0 Å². The number of rotatable bonds is 11. The predicted molar refractivity (Wildman–Crippen MR) is 139 cm³/mol. The lowest BCUT2D eigenvalue weighted by Gasteiger charge is -2.31. The van der Waals surface area contributed by atoms with Crippen LogP contribution >= 0.6 is 15.6 Å². The summed E-state index contributed by atoms with van der Waals surface area (Å²) in [4.78, 5) is 48.1. The molecule has 5 heterocycles. The highest BCUT2D eigenvalue weighted by molar-refractivity contribution is 7.59. The number of carbonyl (C=O) groups excluding carboxylic acids is 1. The van der Waals surface area contributed by atoms with Gasteiger partial charge in [0.1, 0.15) is 54.1 Å². The number of imidazole rings is 1. The molecule has 3 aliphatic heterocycles. The van der Waals surface area contributed by atoms with Gasteiger partial charge in [0, 0.05) is 0 Å². The van der Waals surface area contributed by atoms with E-state index in [2.05, 4.69) is 28.3 Å². The van der Waals surface area contributed by atoms with E-state index in [1.807, 2.05) is 0 Å². The van der Waals surface area contributed by atoms with Crippen molar-refractivity contribution < 1.29 is 71.5 Å². The zero-order chi connectivity index (χ0) is 32.0. The minimum Gasteiger partial charge on any atom is -0.756 e. The van der Waals surface area contributed by atoms with E-state index < -0.39 is 83.9 Å². The highest BCUT2D eigenvalue weighted by Crippen LogP contribution is 2.56. The van der Waals surface area contributed by atoms with Gasteiger partial charge in [-0.25, -0.2) is 23.8 Å². The lowest BCUT2D eigenvalue weighted by Crippen LogP contribution is -2.41. The number of Topliss-reactive ketones (excluding diaryl/α,β-unsaturated/α-hetero) is 1. The number of nitrogens with two attached hydrogens (primary N) is 1. The molecule has 0 radical (unpaired) electrons. The summed E-state index contributed by atoms with van der Waals surface area (Å²) in [6, 6.07) is 0. The number of carbonyl (C=O) groups is 1. The quantitative estimate of drug-likeness (QED) is 0.0878. The van der Waals surface area contributed by atoms with Crippen molar-refractivity contribution in [2.75, 3.05) is 25.5 Å². The van der Waals surface area contributed by atoms with Crippen molar-refractivity contribution in [3.63, 3.8) is 0 Å². The number of allylic oxidation sites excluding steroid dienone is 1. The number of ketones is 1. The number of hydrogen-bond acceptors (Lipinski definition) is 18. The second-order valence-corrected chi connectivity index (χ2v) is 13.1. The van der Waals surface area contributed by atoms with Crippen molar-refractivity contribution in [3.05, 3.63) is 24.8 Å². The van der Waals surface area contributed by atoms with Gasteiger partial charge in [-0.05, 0) is 13.0 Å². The van der Waals surface area contributed by atoms with Gasteiger partial charge in [0.2, 0.25) is 0 Å². The molecule has 2 fully saturated rings. The summed E-state index contributed by atoms with van der Waals surface area (Å²) < 4.78 is 51.5. The minimum atomic E-state index is -5.66. The Kier molecular flexibility index (Phi) is 9.46. The number of ether oxygens (including phenoxy) is 2. The van der Waals surface area contributed by atoms with Gasteiger partial charge in [0.05, 0.1) is 19.5 Å². The number of hydrogen-bond donors (Lipinski definition) is 5. The van der Waals surface area contributed by atoms with Crippen LogP contribution in [-0.2, 0) is 36.8 Å². The maximum atomic E-state index is 12.3. The summed E-state index contributed by atoms with van der Waals surface area (Å²) in [6.45, 7) is -0.319. The molecule has 0 saturated carbocycles. The number of fused-ring (bicyclic) bond motifs is 1. The lowest BCUT2D eigenvalue weighted by molar-refractivity contribution is -0.609. The molecule has 5 rings (SSSR count). The molecule has 0 aliphatic carbocycles. The van der Waals surface area contributed by atoms with Crippen LogP contribution in [0.3, 0.4) is 0 Å². The first-order valence-corrected chi connectivity index (χ1v) is 16.0. The third-order valence-corrected chi connectivity index (χ3v) is 9.67. The highest BCUT2D eigenvalue weighted by Gasteiger charge is 2.50. The van der Waals surface area contributed by atoms with Crippen molar-refractivity contribution >= 4 is 44.6 Å². The first-order valence-electron chi connectivity index (χ1n) is 13.0. The second kappa shape index (κ2) is 12.7. The molecule has 0 aromatic carbocycles. The molecule has 0 bridgehead atoms. The van der Waals surface area contributed by atoms with Gasteiger partial charge in [0.25, 0.3) is 21.9 Å². The van der Waals surface area contributed by atoms with Gasteiger partial charge in [-0.15, -0.1) is 0 Å². The summed E-state index contributed by atoms with van der Waals surface area (Å²) in [5.41, 5.74) is 6.08. The summed E-state index contributed by atoms with van der Waals surface area (Å²) in [5, 5.41) is 41.6. The molecule has 11 atom stereocenters. The van der Waals surface area contributed by atoms with Crippen molar-refractivity contribution in [2.45, 2.75) is 56.0 Å². The molecule has 2 saturated heterocycles. The van der Waals surface area contributed by atoms with Gasteiger partial charge in [0.15, 0.2) is 36.6 Å². The molecule has 0 spiro atoms. The van der Waals surface area contributed by atoms with Crippen LogP contribution in [0.15, 0.2) is 24.8 Å². The molecule has 0 amide bonds. The Morgan fingerprint density at radius 2 is 1.68 bits per heavy atom. The van der Waals surface area contributed by atoms with Gasteiger partial charge in [-0.1, -0.05) is 6.08 Å². The van der Waals surface area contributed by atoms with Crippen molar-refractivity contribution in [2.24, 2.45) is 5.92 Å². The molecule has 2 aromatic heterocycles. The van der Waals surface area contributed by atoms with Crippen molar-refractivity contribution in [1.29, 1.82) is 0 Å². The predicted octanol–water partition coefficient (Wildman–Crippen LogP) is -3.68. The largest absolute Gasteiger partial charge is 0.756 e. The SMILES string of the molecule is CC(=O)C1C=CC[N+]([C@@H]2O[C@H](COP(=O)([O-])OP(=O)([O-])OC[C@H]3O[C@@H](n4cnc5c(N)ncnc54)[C@H](O)[C@@H]3O)[C@@H](O)[C@H]2O)=C1. The van der Waals surface area contributed by atoms with E-state index in [1.165, 1.54) is 28.6 Å². The summed E-state index contributed by atoms with van der Waals surface area (Å²) >= 11 is 0. The van der Waals surface area contributed by atoms with E-state index in [1.54, 1.807) is 12.2 Å². The topological polar surface area (TPSA) is 297 Å². The number of aliphatic hydroxyl groups excluding tert-OH is 4. The van der Waals surface area contributed by atoms with Gasteiger partial charge in [-0.3, -0.25) is 18.5 Å². The van der Waals surface area contributed by atoms with Crippen LogP contribution in [0.2, 0.25) is 0 Å². The Hall–Kier alpha value is -2.55. The number of phosphoric ester groups is 2. The summed E-state index contributed by atoms with van der Waals surface area (Å²) in [5.74, 6) is -0.718.